The molecule has 38 heavy (non-hydrogen) atoms. The average Bonchev–Trinajstić information content (AvgIpc) is 3.61. The highest BCUT2D eigenvalue weighted by molar-refractivity contribution is 6.30. The summed E-state index contributed by atoms with van der Waals surface area (Å²) in [5, 5.41) is 13.4. The van der Waals surface area contributed by atoms with Gasteiger partial charge in [0, 0.05) is 34.2 Å². The van der Waals surface area contributed by atoms with Crippen molar-refractivity contribution in [1.29, 1.82) is 0 Å². The van der Waals surface area contributed by atoms with Gasteiger partial charge in [-0.3, -0.25) is 4.79 Å². The van der Waals surface area contributed by atoms with E-state index >= 15 is 0 Å². The predicted octanol–water partition coefficient (Wildman–Crippen LogP) is 4.48. The molecule has 0 aliphatic rings. The first-order valence-electron chi connectivity index (χ1n) is 11.7. The monoisotopic (exact) mass is 524 g/mol. The molecule has 6 aromatic rings. The molecule has 0 fully saturated rings. The minimum atomic E-state index is -0.342. The summed E-state index contributed by atoms with van der Waals surface area (Å²) in [7, 11) is 0. The van der Waals surface area contributed by atoms with Gasteiger partial charge in [-0.1, -0.05) is 54.1 Å². The summed E-state index contributed by atoms with van der Waals surface area (Å²) >= 11 is 6.03. The van der Waals surface area contributed by atoms with Gasteiger partial charge in [-0.25, -0.2) is 15.0 Å². The Morgan fingerprint density at radius 1 is 1.03 bits per heavy atom. The number of amides is 1. The van der Waals surface area contributed by atoms with E-state index < -0.39 is 0 Å². The molecule has 1 amide bonds. The standard InChI is InChI=1S/C27H21ClN8O2/c28-19-11-9-17(10-12-19)14-35-15-18(20-5-1-3-7-22(20)35)13-30-32-24(37)16-36-23-8-4-2-6-21(23)31-27(36)25-26(29)34-38-33-25/h1-13,15H,14,16H2,(H2,29,34)(H,32,37). The number of nitrogen functional groups attached to an aromatic ring is 1. The molecule has 0 saturated heterocycles. The third kappa shape index (κ3) is 4.48. The number of hydrogen-bond acceptors (Lipinski definition) is 7. The van der Waals surface area contributed by atoms with Crippen molar-refractivity contribution in [2.24, 2.45) is 5.10 Å². The number of carbonyl (C=O) groups is 1. The zero-order chi connectivity index (χ0) is 26.1. The van der Waals surface area contributed by atoms with Crippen LogP contribution in [0.4, 0.5) is 5.82 Å². The minimum absolute atomic E-state index is 0.0577. The van der Waals surface area contributed by atoms with E-state index in [1.807, 2.05) is 72.9 Å². The highest BCUT2D eigenvalue weighted by atomic mass is 35.5. The molecular weight excluding hydrogens is 504 g/mol. The van der Waals surface area contributed by atoms with Crippen molar-refractivity contribution in [2.45, 2.75) is 13.1 Å². The maximum absolute atomic E-state index is 12.9. The molecule has 3 N–H and O–H groups in total. The summed E-state index contributed by atoms with van der Waals surface area (Å²) in [4.78, 5) is 17.5. The second kappa shape index (κ2) is 9.83. The fourth-order valence-corrected chi connectivity index (χ4v) is 4.54. The Morgan fingerprint density at radius 3 is 2.58 bits per heavy atom. The van der Waals surface area contributed by atoms with Crippen LogP contribution >= 0.6 is 11.6 Å². The van der Waals surface area contributed by atoms with E-state index in [-0.39, 0.29) is 24.0 Å². The number of para-hydroxylation sites is 3. The lowest BCUT2D eigenvalue weighted by Crippen LogP contribution is -2.23. The Kier molecular flexibility index (Phi) is 6.06. The Hall–Kier alpha value is -4.96. The second-order valence-electron chi connectivity index (χ2n) is 8.66. The number of hydrazone groups is 1. The largest absolute Gasteiger partial charge is 0.379 e. The number of imidazole rings is 1. The van der Waals surface area contributed by atoms with Gasteiger partial charge in [-0.2, -0.15) is 5.10 Å². The lowest BCUT2D eigenvalue weighted by molar-refractivity contribution is -0.121. The molecule has 0 atom stereocenters. The molecule has 0 aliphatic heterocycles. The maximum Gasteiger partial charge on any atom is 0.260 e. The zero-order valence-electron chi connectivity index (χ0n) is 20.0. The van der Waals surface area contributed by atoms with Crippen LogP contribution in [0.1, 0.15) is 11.1 Å². The van der Waals surface area contributed by atoms with Gasteiger partial charge in [0.05, 0.1) is 17.2 Å². The molecule has 0 saturated carbocycles. The van der Waals surface area contributed by atoms with Crippen LogP contribution in [0.2, 0.25) is 5.02 Å². The van der Waals surface area contributed by atoms with Crippen LogP contribution in [0.3, 0.4) is 0 Å². The molecular formula is C27H21ClN8O2. The van der Waals surface area contributed by atoms with Crippen LogP contribution in [0.5, 0.6) is 0 Å². The molecule has 0 radical (unpaired) electrons. The summed E-state index contributed by atoms with van der Waals surface area (Å²) in [5.41, 5.74) is 13.3. The Labute approximate surface area is 221 Å². The number of hydrogen-bond donors (Lipinski definition) is 2. The first kappa shape index (κ1) is 23.4. The van der Waals surface area contributed by atoms with Crippen LogP contribution in [-0.2, 0) is 17.9 Å². The van der Waals surface area contributed by atoms with Gasteiger partial charge >= 0.3 is 0 Å². The molecule has 3 heterocycles. The quantitative estimate of drug-likeness (QED) is 0.234. The first-order valence-corrected chi connectivity index (χ1v) is 12.1. The van der Waals surface area contributed by atoms with Crippen LogP contribution in [-0.4, -0.2) is 36.6 Å². The van der Waals surface area contributed by atoms with Gasteiger partial charge in [0.2, 0.25) is 0 Å². The van der Waals surface area contributed by atoms with E-state index in [4.69, 9.17) is 22.0 Å². The predicted molar refractivity (Wildman–Crippen MR) is 146 cm³/mol. The average molecular weight is 525 g/mol. The number of rotatable bonds is 7. The fourth-order valence-electron chi connectivity index (χ4n) is 4.42. The van der Waals surface area contributed by atoms with Crippen molar-refractivity contribution in [1.82, 2.24) is 29.9 Å². The molecule has 10 nitrogen and oxygen atoms in total. The van der Waals surface area contributed by atoms with Crippen molar-refractivity contribution in [3.8, 4) is 11.5 Å². The Balaban J connectivity index is 1.23. The summed E-state index contributed by atoms with van der Waals surface area (Å²) in [6.45, 7) is 0.617. The van der Waals surface area contributed by atoms with Crippen LogP contribution in [0.25, 0.3) is 33.5 Å². The van der Waals surface area contributed by atoms with Gasteiger partial charge in [-0.05, 0) is 46.2 Å². The SMILES string of the molecule is Nc1nonc1-c1nc2ccccc2n1CC(=O)NN=Cc1cn(Cc2ccc(Cl)cc2)c2ccccc12. The van der Waals surface area contributed by atoms with Crippen LogP contribution < -0.4 is 11.2 Å². The van der Waals surface area contributed by atoms with Crippen molar-refractivity contribution in [2.75, 3.05) is 5.73 Å². The van der Waals surface area contributed by atoms with Gasteiger partial charge in [0.1, 0.15) is 6.54 Å². The van der Waals surface area contributed by atoms with Gasteiger partial charge < -0.3 is 14.9 Å². The summed E-state index contributed by atoms with van der Waals surface area (Å²) in [5.74, 6) is 0.134. The first-order chi connectivity index (χ1) is 18.6. The molecule has 3 aromatic carbocycles. The van der Waals surface area contributed by atoms with E-state index in [9.17, 15) is 4.79 Å². The van der Waals surface area contributed by atoms with E-state index in [1.165, 1.54) is 0 Å². The molecule has 11 heteroatoms. The zero-order valence-corrected chi connectivity index (χ0v) is 20.7. The molecule has 188 valence electrons. The van der Waals surface area contributed by atoms with Crippen molar-refractivity contribution >= 4 is 51.5 Å². The molecule has 0 spiro atoms. The highest BCUT2D eigenvalue weighted by Crippen LogP contribution is 2.26. The molecule has 0 bridgehead atoms. The number of fused-ring (bicyclic) bond motifs is 2. The molecule has 0 unspecified atom stereocenters. The van der Waals surface area contributed by atoms with E-state index in [1.54, 1.807) is 10.8 Å². The van der Waals surface area contributed by atoms with E-state index in [2.05, 4.69) is 36.5 Å². The van der Waals surface area contributed by atoms with Gasteiger partial charge in [0.15, 0.2) is 17.3 Å². The number of anilines is 1. The van der Waals surface area contributed by atoms with E-state index in [0.29, 0.717) is 22.9 Å². The maximum atomic E-state index is 12.9. The summed E-state index contributed by atoms with van der Waals surface area (Å²) in [6.07, 6.45) is 3.65. The van der Waals surface area contributed by atoms with Crippen LogP contribution in [0, 0.1) is 0 Å². The smallest absolute Gasteiger partial charge is 0.260 e. The second-order valence-corrected chi connectivity index (χ2v) is 9.09. The summed E-state index contributed by atoms with van der Waals surface area (Å²) < 4.78 is 8.58. The van der Waals surface area contributed by atoms with Gasteiger partial charge in [-0.15, -0.1) is 0 Å². The third-order valence-corrected chi connectivity index (χ3v) is 6.41. The number of nitrogens with one attached hydrogen (secondary N) is 1. The molecule has 0 aliphatic carbocycles. The number of carbonyl (C=O) groups excluding carboxylic acids is 1. The number of aromatic nitrogens is 5. The van der Waals surface area contributed by atoms with Crippen LogP contribution in [0.15, 0.2) is 88.7 Å². The number of nitrogens with zero attached hydrogens (tertiary/aromatic N) is 6. The third-order valence-electron chi connectivity index (χ3n) is 6.16. The Bertz CT molecular complexity index is 1800. The van der Waals surface area contributed by atoms with Gasteiger partial charge in [0.25, 0.3) is 5.91 Å². The van der Waals surface area contributed by atoms with Crippen molar-refractivity contribution < 1.29 is 9.42 Å². The lowest BCUT2D eigenvalue weighted by Gasteiger charge is -2.06. The van der Waals surface area contributed by atoms with Crippen molar-refractivity contribution in [3.05, 3.63) is 95.1 Å². The Morgan fingerprint density at radius 2 is 1.79 bits per heavy atom. The topological polar surface area (TPSA) is 129 Å². The normalized spacial score (nSPS) is 11.6. The lowest BCUT2D eigenvalue weighted by atomic mass is 10.2. The number of benzene rings is 3. The van der Waals surface area contributed by atoms with E-state index in [0.717, 1.165) is 27.5 Å². The summed E-state index contributed by atoms with van der Waals surface area (Å²) in [6, 6.07) is 23.2. The molecule has 3 aromatic heterocycles. The fraction of sp³-hybridized carbons (Fsp3) is 0.0741. The van der Waals surface area contributed by atoms with Crippen molar-refractivity contribution in [3.63, 3.8) is 0 Å². The number of nitrogens with two attached hydrogens (primary N) is 1. The number of halogens is 1. The highest BCUT2D eigenvalue weighted by Gasteiger charge is 2.20. The minimum Gasteiger partial charge on any atom is -0.379 e. The molecule has 6 rings (SSSR count).